The van der Waals surface area contributed by atoms with Crippen molar-refractivity contribution in [2.24, 2.45) is 5.92 Å². The Morgan fingerprint density at radius 2 is 2.28 bits per heavy atom. The Kier molecular flexibility index (Phi) is 4.81. The first kappa shape index (κ1) is 14.1. The molecule has 96 valence electrons. The second-order valence-corrected chi connectivity index (χ2v) is 4.31. The number of benzene rings is 1. The Labute approximate surface area is 105 Å². The van der Waals surface area contributed by atoms with Gasteiger partial charge >= 0.3 is 0 Å². The Morgan fingerprint density at radius 3 is 2.89 bits per heavy atom. The fourth-order valence-electron chi connectivity index (χ4n) is 1.63. The van der Waals surface area contributed by atoms with Crippen molar-refractivity contribution in [3.63, 3.8) is 0 Å². The molecule has 0 bridgehead atoms. The standard InChI is InChI=1S/C13H15FN2O2/c1-9(6-15)7-16(2)8-13(18)11-5-10(14)3-4-12(11)17/h3-5,9,17H,7-8H2,1-2H3. The predicted octanol–water partition coefficient (Wildman–Crippen LogP) is 1.81. The van der Waals surface area contributed by atoms with Gasteiger partial charge in [-0.05, 0) is 32.2 Å². The van der Waals surface area contributed by atoms with Crippen molar-refractivity contribution in [3.05, 3.63) is 29.6 Å². The molecule has 1 aromatic carbocycles. The van der Waals surface area contributed by atoms with Gasteiger partial charge < -0.3 is 5.11 Å². The highest BCUT2D eigenvalue weighted by Crippen LogP contribution is 2.18. The summed E-state index contributed by atoms with van der Waals surface area (Å²) in [5.74, 6) is -1.36. The highest BCUT2D eigenvalue weighted by atomic mass is 19.1. The lowest BCUT2D eigenvalue weighted by molar-refractivity contribution is 0.0939. The second-order valence-electron chi connectivity index (χ2n) is 4.31. The van der Waals surface area contributed by atoms with Crippen LogP contribution in [0, 0.1) is 23.1 Å². The lowest BCUT2D eigenvalue weighted by Gasteiger charge is -2.17. The van der Waals surface area contributed by atoms with Gasteiger partial charge in [0.2, 0.25) is 0 Å². The minimum absolute atomic E-state index is 0.0308. The van der Waals surface area contributed by atoms with E-state index in [2.05, 4.69) is 6.07 Å². The molecule has 1 rings (SSSR count). The van der Waals surface area contributed by atoms with Crippen LogP contribution in [-0.2, 0) is 0 Å². The van der Waals surface area contributed by atoms with Crippen molar-refractivity contribution in [2.45, 2.75) is 6.92 Å². The number of hydrogen-bond donors (Lipinski definition) is 1. The number of nitrogens with zero attached hydrogens (tertiary/aromatic N) is 2. The number of nitriles is 1. The van der Waals surface area contributed by atoms with E-state index in [1.807, 2.05) is 0 Å². The average Bonchev–Trinajstić information content (AvgIpc) is 2.31. The van der Waals surface area contributed by atoms with Crippen LogP contribution in [-0.4, -0.2) is 35.9 Å². The summed E-state index contributed by atoms with van der Waals surface area (Å²) >= 11 is 0. The molecule has 1 atom stereocenters. The maximum absolute atomic E-state index is 13.0. The molecule has 18 heavy (non-hydrogen) atoms. The van der Waals surface area contributed by atoms with Crippen LogP contribution >= 0.6 is 0 Å². The number of likely N-dealkylation sites (N-methyl/N-ethyl adjacent to an activating group) is 1. The van der Waals surface area contributed by atoms with E-state index in [4.69, 9.17) is 5.26 Å². The van der Waals surface area contributed by atoms with Crippen molar-refractivity contribution in [2.75, 3.05) is 20.1 Å². The molecular formula is C13H15FN2O2. The first-order valence-corrected chi connectivity index (χ1v) is 5.54. The maximum Gasteiger partial charge on any atom is 0.180 e. The third-order valence-corrected chi connectivity index (χ3v) is 2.48. The van der Waals surface area contributed by atoms with Crippen molar-refractivity contribution in [1.82, 2.24) is 4.90 Å². The molecule has 0 fully saturated rings. The lowest BCUT2D eigenvalue weighted by Crippen LogP contribution is -2.29. The molecule has 5 heteroatoms. The van der Waals surface area contributed by atoms with Crippen LogP contribution in [0.4, 0.5) is 4.39 Å². The number of carbonyl (C=O) groups excluding carboxylic acids is 1. The average molecular weight is 250 g/mol. The van der Waals surface area contributed by atoms with Gasteiger partial charge in [-0.3, -0.25) is 9.69 Å². The van der Waals surface area contributed by atoms with Gasteiger partial charge in [0.05, 0.1) is 24.1 Å². The number of Topliss-reactive ketones (excluding diaryl/α,β-unsaturated/α-hetero) is 1. The molecule has 1 unspecified atom stereocenters. The van der Waals surface area contributed by atoms with E-state index in [0.29, 0.717) is 6.54 Å². The molecule has 0 radical (unpaired) electrons. The number of rotatable bonds is 5. The largest absolute Gasteiger partial charge is 0.507 e. The van der Waals surface area contributed by atoms with Crippen LogP contribution in [0.15, 0.2) is 18.2 Å². The Balaban J connectivity index is 2.71. The smallest absolute Gasteiger partial charge is 0.180 e. The normalized spacial score (nSPS) is 12.2. The summed E-state index contributed by atoms with van der Waals surface area (Å²) in [6.45, 7) is 2.22. The monoisotopic (exact) mass is 250 g/mol. The first-order valence-electron chi connectivity index (χ1n) is 5.54. The van der Waals surface area contributed by atoms with Crippen LogP contribution in [0.2, 0.25) is 0 Å². The van der Waals surface area contributed by atoms with Gasteiger partial charge in [-0.25, -0.2) is 4.39 Å². The number of phenolic OH excluding ortho intramolecular Hbond substituents is 1. The topological polar surface area (TPSA) is 64.3 Å². The zero-order valence-electron chi connectivity index (χ0n) is 10.4. The molecule has 0 aliphatic heterocycles. The van der Waals surface area contributed by atoms with Crippen molar-refractivity contribution < 1.29 is 14.3 Å². The number of halogens is 1. The molecule has 0 saturated carbocycles. The SMILES string of the molecule is CC(C#N)CN(C)CC(=O)c1cc(F)ccc1O. The highest BCUT2D eigenvalue weighted by molar-refractivity contribution is 5.99. The minimum Gasteiger partial charge on any atom is -0.507 e. The van der Waals surface area contributed by atoms with Crippen LogP contribution in [0.3, 0.4) is 0 Å². The second kappa shape index (κ2) is 6.12. The summed E-state index contributed by atoms with van der Waals surface area (Å²) < 4.78 is 13.0. The fraction of sp³-hybridized carbons (Fsp3) is 0.385. The van der Waals surface area contributed by atoms with E-state index in [1.54, 1.807) is 18.9 Å². The fourth-order valence-corrected chi connectivity index (χ4v) is 1.63. The van der Waals surface area contributed by atoms with E-state index in [1.165, 1.54) is 0 Å². The molecule has 0 aliphatic carbocycles. The highest BCUT2D eigenvalue weighted by Gasteiger charge is 2.15. The Hall–Kier alpha value is -1.93. The number of phenols is 1. The van der Waals surface area contributed by atoms with E-state index >= 15 is 0 Å². The molecule has 1 N–H and O–H groups in total. The summed E-state index contributed by atoms with van der Waals surface area (Å²) in [6.07, 6.45) is 0. The van der Waals surface area contributed by atoms with Crippen LogP contribution in [0.1, 0.15) is 17.3 Å². The molecule has 4 nitrogen and oxygen atoms in total. The van der Waals surface area contributed by atoms with Crippen molar-refractivity contribution >= 4 is 5.78 Å². The van der Waals surface area contributed by atoms with Gasteiger partial charge in [0.15, 0.2) is 5.78 Å². The zero-order chi connectivity index (χ0) is 13.7. The predicted molar refractivity (Wildman–Crippen MR) is 64.7 cm³/mol. The van der Waals surface area contributed by atoms with Gasteiger partial charge in [0.25, 0.3) is 0 Å². The molecule has 0 heterocycles. The molecule has 0 aliphatic rings. The molecule has 1 aromatic rings. The van der Waals surface area contributed by atoms with Gasteiger partial charge in [-0.15, -0.1) is 0 Å². The van der Waals surface area contributed by atoms with Crippen molar-refractivity contribution in [3.8, 4) is 11.8 Å². The summed E-state index contributed by atoms with van der Waals surface area (Å²) in [6, 6.07) is 5.32. The summed E-state index contributed by atoms with van der Waals surface area (Å²) in [4.78, 5) is 13.5. The van der Waals surface area contributed by atoms with E-state index < -0.39 is 5.82 Å². The molecule has 0 amide bonds. The third-order valence-electron chi connectivity index (χ3n) is 2.48. The van der Waals surface area contributed by atoms with Gasteiger partial charge in [0, 0.05) is 6.54 Å². The third kappa shape index (κ3) is 3.82. The molecule has 0 saturated heterocycles. The first-order chi connectivity index (χ1) is 8.43. The number of ketones is 1. The Bertz CT molecular complexity index is 482. The molecule has 0 spiro atoms. The van der Waals surface area contributed by atoms with Gasteiger partial charge in [-0.2, -0.15) is 5.26 Å². The maximum atomic E-state index is 13.0. The number of carbonyl (C=O) groups is 1. The van der Waals surface area contributed by atoms with E-state index in [0.717, 1.165) is 18.2 Å². The summed E-state index contributed by atoms with van der Waals surface area (Å²) in [5, 5.41) is 18.2. The summed E-state index contributed by atoms with van der Waals surface area (Å²) in [7, 11) is 1.70. The van der Waals surface area contributed by atoms with E-state index in [9.17, 15) is 14.3 Å². The molecule has 0 aromatic heterocycles. The Morgan fingerprint density at radius 1 is 1.61 bits per heavy atom. The van der Waals surface area contributed by atoms with Crippen LogP contribution in [0.5, 0.6) is 5.75 Å². The number of hydrogen-bond acceptors (Lipinski definition) is 4. The van der Waals surface area contributed by atoms with Gasteiger partial charge in [-0.1, -0.05) is 0 Å². The van der Waals surface area contributed by atoms with Crippen molar-refractivity contribution in [1.29, 1.82) is 5.26 Å². The van der Waals surface area contributed by atoms with Crippen LogP contribution < -0.4 is 0 Å². The van der Waals surface area contributed by atoms with E-state index in [-0.39, 0.29) is 29.6 Å². The lowest BCUT2D eigenvalue weighted by atomic mass is 10.1. The minimum atomic E-state index is -0.566. The molecular weight excluding hydrogens is 235 g/mol. The van der Waals surface area contributed by atoms with Gasteiger partial charge in [0.1, 0.15) is 11.6 Å². The van der Waals surface area contributed by atoms with Crippen LogP contribution in [0.25, 0.3) is 0 Å². The summed E-state index contributed by atoms with van der Waals surface area (Å²) in [5.41, 5.74) is -0.0357. The number of aromatic hydroxyl groups is 1. The quantitative estimate of drug-likeness (QED) is 0.809. The zero-order valence-corrected chi connectivity index (χ0v) is 10.4.